The van der Waals surface area contributed by atoms with Crippen LogP contribution in [0.25, 0.3) is 27.6 Å². The molecule has 3 aromatic carbocycles. The van der Waals surface area contributed by atoms with E-state index in [0.29, 0.717) is 22.4 Å². The number of nitrogens with two attached hydrogens (primary N) is 2. The number of nitrogens with one attached hydrogen (secondary N) is 1. The Hall–Kier alpha value is -4.46. The first-order chi connectivity index (χ1) is 18.8. The van der Waals surface area contributed by atoms with Gasteiger partial charge in [-0.25, -0.2) is 23.2 Å². The maximum atomic E-state index is 13.6. The number of nitrogens with zero attached hydrogens (tertiary/aromatic N) is 3. The molecule has 1 amide bonds. The summed E-state index contributed by atoms with van der Waals surface area (Å²) in [6.45, 7) is 0. The van der Waals surface area contributed by atoms with Crippen LogP contribution < -0.4 is 16.2 Å². The van der Waals surface area contributed by atoms with Gasteiger partial charge in [0.15, 0.2) is 5.69 Å². The molecule has 0 saturated carbocycles. The highest BCUT2D eigenvalue weighted by atomic mass is 35.5. The van der Waals surface area contributed by atoms with E-state index in [1.807, 2.05) is 0 Å². The molecule has 0 aliphatic carbocycles. The van der Waals surface area contributed by atoms with E-state index in [0.717, 1.165) is 4.68 Å². The van der Waals surface area contributed by atoms with Crippen LogP contribution in [0.5, 0.6) is 0 Å². The molecule has 0 aliphatic heterocycles. The number of rotatable bonds is 5. The molecule has 0 unspecified atom stereocenters. The summed E-state index contributed by atoms with van der Waals surface area (Å²) in [5.74, 6) is -0.934. The van der Waals surface area contributed by atoms with Crippen molar-refractivity contribution in [3.63, 3.8) is 0 Å². The van der Waals surface area contributed by atoms with E-state index in [1.54, 1.807) is 18.2 Å². The quantitative estimate of drug-likeness (QED) is 0.257. The normalized spacial score (nSPS) is 12.0. The first kappa shape index (κ1) is 27.1. The van der Waals surface area contributed by atoms with Gasteiger partial charge in [0.05, 0.1) is 21.2 Å². The Balaban J connectivity index is 1.53. The molecule has 9 nitrogen and oxygen atoms in total. The number of halogens is 4. The molecule has 2 aromatic heterocycles. The van der Waals surface area contributed by atoms with Crippen LogP contribution in [0.3, 0.4) is 0 Å². The molecule has 0 radical (unpaired) electrons. The second-order valence-electron chi connectivity index (χ2n) is 8.62. The van der Waals surface area contributed by atoms with Crippen LogP contribution in [-0.2, 0) is 16.2 Å². The van der Waals surface area contributed by atoms with E-state index in [9.17, 15) is 26.4 Å². The molecular formula is C26H18ClF3N6O3S. The monoisotopic (exact) mass is 586 g/mol. The van der Waals surface area contributed by atoms with Gasteiger partial charge in [-0.15, -0.1) is 0 Å². The number of amides is 1. The number of hydrogen-bond donors (Lipinski definition) is 3. The third kappa shape index (κ3) is 5.21. The lowest BCUT2D eigenvalue weighted by atomic mass is 10.0. The maximum absolute atomic E-state index is 13.6. The second-order valence-corrected chi connectivity index (χ2v) is 10.6. The molecule has 0 spiro atoms. The maximum Gasteiger partial charge on any atom is 0.435 e. The zero-order valence-corrected chi connectivity index (χ0v) is 21.7. The SMILES string of the molecule is Nc1nccc2ccc(-n3nc(C(F)(F)F)cc3NC(=O)c3ccc(-c4ccccc4S(N)(=O)=O)cc3Cl)cc12. The van der Waals surface area contributed by atoms with Crippen molar-refractivity contribution in [1.82, 2.24) is 14.8 Å². The molecule has 5 rings (SSSR count). The molecular weight excluding hydrogens is 569 g/mol. The van der Waals surface area contributed by atoms with Crippen LogP contribution in [0.2, 0.25) is 5.02 Å². The van der Waals surface area contributed by atoms with E-state index < -0.39 is 27.8 Å². The lowest BCUT2D eigenvalue weighted by Gasteiger charge is -2.12. The molecule has 40 heavy (non-hydrogen) atoms. The van der Waals surface area contributed by atoms with Crippen LogP contribution in [-0.4, -0.2) is 29.1 Å². The number of pyridine rings is 1. The van der Waals surface area contributed by atoms with Crippen LogP contribution in [0, 0.1) is 0 Å². The minimum atomic E-state index is -4.79. The molecule has 0 bridgehead atoms. The summed E-state index contributed by atoms with van der Waals surface area (Å²) in [4.78, 5) is 17.0. The van der Waals surface area contributed by atoms with Gasteiger partial charge in [-0.05, 0) is 47.3 Å². The average Bonchev–Trinajstić information content (AvgIpc) is 3.32. The zero-order chi connectivity index (χ0) is 28.8. The van der Waals surface area contributed by atoms with Crippen LogP contribution >= 0.6 is 11.6 Å². The summed E-state index contributed by atoms with van der Waals surface area (Å²) in [6.07, 6.45) is -3.29. The second kappa shape index (κ2) is 9.93. The Morgan fingerprint density at radius 2 is 1.75 bits per heavy atom. The van der Waals surface area contributed by atoms with Crippen molar-refractivity contribution >= 4 is 49.9 Å². The van der Waals surface area contributed by atoms with E-state index in [-0.39, 0.29) is 38.4 Å². The van der Waals surface area contributed by atoms with Crippen molar-refractivity contribution in [2.45, 2.75) is 11.1 Å². The summed E-state index contributed by atoms with van der Waals surface area (Å²) in [6, 6.07) is 17.1. The third-order valence-electron chi connectivity index (χ3n) is 5.98. The highest BCUT2D eigenvalue weighted by Crippen LogP contribution is 2.34. The topological polar surface area (TPSA) is 146 Å². The third-order valence-corrected chi connectivity index (χ3v) is 7.27. The number of fused-ring (bicyclic) bond motifs is 1. The van der Waals surface area contributed by atoms with Gasteiger partial charge < -0.3 is 11.1 Å². The standard InChI is InChI=1S/C26H18ClF3N6O3S/c27-20-11-15(17-3-1-2-4-21(17)40(32,38)39)6-8-18(20)25(37)34-23-13-22(26(28,29)30)35-36(23)16-7-5-14-9-10-33-24(31)19(14)12-16/h1-13H,(H2,31,33)(H,34,37)(H2,32,38,39). The van der Waals surface area contributed by atoms with Gasteiger partial charge in [0, 0.05) is 23.2 Å². The number of aromatic nitrogens is 3. The fourth-order valence-corrected chi connectivity index (χ4v) is 5.15. The van der Waals surface area contributed by atoms with Crippen molar-refractivity contribution < 1.29 is 26.4 Å². The smallest absolute Gasteiger partial charge is 0.383 e. The fourth-order valence-electron chi connectivity index (χ4n) is 4.12. The Kier molecular flexibility index (Phi) is 6.74. The average molecular weight is 587 g/mol. The molecule has 0 fully saturated rings. The van der Waals surface area contributed by atoms with Crippen LogP contribution in [0.15, 0.2) is 83.9 Å². The Bertz CT molecular complexity index is 1910. The van der Waals surface area contributed by atoms with Crippen LogP contribution in [0.1, 0.15) is 16.1 Å². The van der Waals surface area contributed by atoms with Gasteiger partial charge in [-0.2, -0.15) is 18.3 Å². The zero-order valence-electron chi connectivity index (χ0n) is 20.1. The van der Waals surface area contributed by atoms with Crippen LogP contribution in [0.4, 0.5) is 24.8 Å². The van der Waals surface area contributed by atoms with Gasteiger partial charge in [0.1, 0.15) is 11.6 Å². The predicted octanol–water partition coefficient (Wildman–Crippen LogP) is 5.24. The number of benzene rings is 3. The summed E-state index contributed by atoms with van der Waals surface area (Å²) in [5.41, 5.74) is 5.43. The number of nitrogen functional groups attached to an aromatic ring is 1. The predicted molar refractivity (Wildman–Crippen MR) is 144 cm³/mol. The minimum absolute atomic E-state index is 0.0771. The Morgan fingerprint density at radius 3 is 2.45 bits per heavy atom. The molecule has 0 atom stereocenters. The molecule has 2 heterocycles. The van der Waals surface area contributed by atoms with Crippen molar-refractivity contribution in [2.75, 3.05) is 11.1 Å². The molecule has 14 heteroatoms. The highest BCUT2D eigenvalue weighted by molar-refractivity contribution is 7.89. The summed E-state index contributed by atoms with van der Waals surface area (Å²) < 4.78 is 65.6. The van der Waals surface area contributed by atoms with Gasteiger partial charge >= 0.3 is 6.18 Å². The highest BCUT2D eigenvalue weighted by Gasteiger charge is 2.35. The largest absolute Gasteiger partial charge is 0.435 e. The Labute approximate surface area is 230 Å². The molecule has 5 N–H and O–H groups in total. The number of anilines is 2. The number of sulfonamides is 1. The number of carbonyl (C=O) groups is 1. The van der Waals surface area contributed by atoms with Crippen molar-refractivity contribution in [1.29, 1.82) is 0 Å². The summed E-state index contributed by atoms with van der Waals surface area (Å²) in [5, 5.41) is 12.5. The number of hydrogen-bond acceptors (Lipinski definition) is 6. The molecule has 204 valence electrons. The Morgan fingerprint density at radius 1 is 1.00 bits per heavy atom. The van der Waals surface area contributed by atoms with E-state index >= 15 is 0 Å². The molecule has 0 saturated heterocycles. The van der Waals surface area contributed by atoms with Gasteiger partial charge in [-0.1, -0.05) is 41.9 Å². The van der Waals surface area contributed by atoms with Gasteiger partial charge in [-0.3, -0.25) is 4.79 Å². The molecule has 5 aromatic rings. The summed E-state index contributed by atoms with van der Waals surface area (Å²) in [7, 11) is -4.05. The fraction of sp³-hybridized carbons (Fsp3) is 0.0385. The number of primary sulfonamides is 1. The van der Waals surface area contributed by atoms with Gasteiger partial charge in [0.25, 0.3) is 5.91 Å². The van der Waals surface area contributed by atoms with Crippen molar-refractivity contribution in [3.05, 3.63) is 95.3 Å². The van der Waals surface area contributed by atoms with E-state index in [2.05, 4.69) is 15.4 Å². The van der Waals surface area contributed by atoms with Gasteiger partial charge in [0.2, 0.25) is 10.0 Å². The van der Waals surface area contributed by atoms with E-state index in [4.69, 9.17) is 22.5 Å². The summed E-state index contributed by atoms with van der Waals surface area (Å²) >= 11 is 6.36. The first-order valence-electron chi connectivity index (χ1n) is 11.4. The number of alkyl halides is 3. The number of carbonyl (C=O) groups excluding carboxylic acids is 1. The lowest BCUT2D eigenvalue weighted by molar-refractivity contribution is -0.141. The van der Waals surface area contributed by atoms with Crippen molar-refractivity contribution in [2.24, 2.45) is 5.14 Å². The minimum Gasteiger partial charge on any atom is -0.383 e. The lowest BCUT2D eigenvalue weighted by Crippen LogP contribution is -2.16. The van der Waals surface area contributed by atoms with Crippen molar-refractivity contribution in [3.8, 4) is 16.8 Å². The first-order valence-corrected chi connectivity index (χ1v) is 13.3. The van der Waals surface area contributed by atoms with E-state index in [1.165, 1.54) is 54.7 Å². The molecule has 0 aliphatic rings.